The minimum atomic E-state index is -0.249. The van der Waals surface area contributed by atoms with Gasteiger partial charge in [0.2, 0.25) is 5.91 Å². The first-order chi connectivity index (χ1) is 18.2. The number of carbonyl (C=O) groups excluding carboxylic acids is 1. The van der Waals surface area contributed by atoms with Gasteiger partial charge in [-0.1, -0.05) is 41.4 Å². The predicted molar refractivity (Wildman–Crippen MR) is 156 cm³/mol. The average Bonchev–Trinajstić information content (AvgIpc) is 3.15. The zero-order valence-corrected chi connectivity index (χ0v) is 24.2. The molecule has 0 bridgehead atoms. The Balaban J connectivity index is 1.43. The van der Waals surface area contributed by atoms with E-state index in [4.69, 9.17) is 32.7 Å². The van der Waals surface area contributed by atoms with Gasteiger partial charge < -0.3 is 14.8 Å². The molecule has 0 unspecified atom stereocenters. The highest BCUT2D eigenvalue weighted by Gasteiger charge is 2.14. The van der Waals surface area contributed by atoms with E-state index in [0.717, 1.165) is 32.6 Å². The maximum Gasteiger partial charge on any atom is 0.248 e. The fourth-order valence-electron chi connectivity index (χ4n) is 3.89. The van der Waals surface area contributed by atoms with Crippen molar-refractivity contribution in [3.05, 3.63) is 109 Å². The fourth-order valence-corrected chi connectivity index (χ4v) is 4.82. The second kappa shape index (κ2) is 12.5. The number of carbonyl (C=O) groups is 1. The first-order valence-corrected chi connectivity index (χ1v) is 13.3. The van der Waals surface area contributed by atoms with Gasteiger partial charge in [-0.3, -0.25) is 9.48 Å². The molecule has 1 amide bonds. The van der Waals surface area contributed by atoms with Crippen LogP contribution in [0.3, 0.4) is 0 Å². The molecular formula is C29H26BrCl2N3O3. The highest BCUT2D eigenvalue weighted by atomic mass is 79.9. The van der Waals surface area contributed by atoms with Crippen LogP contribution in [0, 0.1) is 13.8 Å². The number of amides is 1. The lowest BCUT2D eigenvalue weighted by atomic mass is 10.1. The van der Waals surface area contributed by atoms with Crippen LogP contribution in [-0.2, 0) is 17.9 Å². The smallest absolute Gasteiger partial charge is 0.248 e. The van der Waals surface area contributed by atoms with Crippen molar-refractivity contribution in [1.29, 1.82) is 0 Å². The van der Waals surface area contributed by atoms with Gasteiger partial charge in [-0.05, 0) is 89.4 Å². The third-order valence-corrected chi connectivity index (χ3v) is 6.99. The van der Waals surface area contributed by atoms with Crippen LogP contribution in [0.1, 0.15) is 28.1 Å². The monoisotopic (exact) mass is 613 g/mol. The summed E-state index contributed by atoms with van der Waals surface area (Å²) >= 11 is 15.5. The van der Waals surface area contributed by atoms with Crippen molar-refractivity contribution >= 4 is 56.8 Å². The van der Waals surface area contributed by atoms with Gasteiger partial charge in [0.25, 0.3) is 0 Å². The van der Waals surface area contributed by atoms with Crippen molar-refractivity contribution in [3.63, 3.8) is 0 Å². The lowest BCUT2D eigenvalue weighted by molar-refractivity contribution is -0.111. The Labute approximate surface area is 240 Å². The van der Waals surface area contributed by atoms with Gasteiger partial charge in [-0.25, -0.2) is 0 Å². The van der Waals surface area contributed by atoms with Crippen LogP contribution < -0.4 is 14.8 Å². The summed E-state index contributed by atoms with van der Waals surface area (Å²) in [6.07, 6.45) is 3.25. The topological polar surface area (TPSA) is 65.4 Å². The normalized spacial score (nSPS) is 11.1. The third kappa shape index (κ3) is 6.98. The number of anilines is 1. The number of rotatable bonds is 9. The molecule has 9 heteroatoms. The highest BCUT2D eigenvalue weighted by Crippen LogP contribution is 2.30. The average molecular weight is 615 g/mol. The van der Waals surface area contributed by atoms with Crippen LogP contribution >= 0.6 is 39.1 Å². The van der Waals surface area contributed by atoms with E-state index >= 15 is 0 Å². The molecule has 0 atom stereocenters. The minimum Gasteiger partial charge on any atom is -0.496 e. The summed E-state index contributed by atoms with van der Waals surface area (Å²) in [5.74, 6) is 1.11. The molecule has 0 saturated heterocycles. The Bertz CT molecular complexity index is 1480. The third-order valence-electron chi connectivity index (χ3n) is 5.88. The number of ether oxygens (including phenoxy) is 2. The van der Waals surface area contributed by atoms with Crippen molar-refractivity contribution in [1.82, 2.24) is 9.78 Å². The van der Waals surface area contributed by atoms with Gasteiger partial charge in [0.1, 0.15) is 18.1 Å². The van der Waals surface area contributed by atoms with Crippen LogP contribution in [-0.4, -0.2) is 22.8 Å². The van der Waals surface area contributed by atoms with Crippen LogP contribution in [0.25, 0.3) is 6.08 Å². The number of nitrogens with zero attached hydrogens (tertiary/aromatic N) is 2. The molecule has 0 radical (unpaired) electrons. The molecular weight excluding hydrogens is 589 g/mol. The molecule has 4 rings (SSSR count). The van der Waals surface area contributed by atoms with Crippen molar-refractivity contribution < 1.29 is 14.3 Å². The molecule has 6 nitrogen and oxygen atoms in total. The first-order valence-electron chi connectivity index (χ1n) is 11.8. The quantitative estimate of drug-likeness (QED) is 0.195. The van der Waals surface area contributed by atoms with Gasteiger partial charge in [0.15, 0.2) is 0 Å². The van der Waals surface area contributed by atoms with Gasteiger partial charge in [0.05, 0.1) is 35.2 Å². The number of nitrogens with one attached hydrogen (secondary N) is 1. The predicted octanol–water partition coefficient (Wildman–Crippen LogP) is 7.86. The molecule has 1 heterocycles. The molecule has 0 aliphatic carbocycles. The van der Waals surface area contributed by atoms with E-state index in [2.05, 4.69) is 26.3 Å². The van der Waals surface area contributed by atoms with E-state index in [1.807, 2.05) is 61.0 Å². The van der Waals surface area contributed by atoms with Gasteiger partial charge in [-0.2, -0.15) is 5.10 Å². The lowest BCUT2D eigenvalue weighted by Gasteiger charge is -2.12. The summed E-state index contributed by atoms with van der Waals surface area (Å²) in [4.78, 5) is 12.8. The summed E-state index contributed by atoms with van der Waals surface area (Å²) in [6, 6.07) is 18.6. The molecule has 1 N–H and O–H groups in total. The number of methoxy groups -OCH3 is 1. The van der Waals surface area contributed by atoms with Crippen molar-refractivity contribution in [3.8, 4) is 11.5 Å². The number of hydrogen-bond acceptors (Lipinski definition) is 4. The largest absolute Gasteiger partial charge is 0.496 e. The Morgan fingerprint density at radius 1 is 1.03 bits per heavy atom. The first kappa shape index (κ1) is 27.8. The minimum absolute atomic E-state index is 0.249. The number of halogens is 3. The maximum absolute atomic E-state index is 12.8. The zero-order valence-electron chi connectivity index (χ0n) is 21.1. The van der Waals surface area contributed by atoms with E-state index in [9.17, 15) is 4.79 Å². The Morgan fingerprint density at radius 2 is 1.74 bits per heavy atom. The summed E-state index contributed by atoms with van der Waals surface area (Å²) < 4.78 is 14.1. The van der Waals surface area contributed by atoms with E-state index < -0.39 is 0 Å². The van der Waals surface area contributed by atoms with Crippen molar-refractivity contribution in [2.75, 3.05) is 12.4 Å². The molecule has 0 fully saturated rings. The molecule has 38 heavy (non-hydrogen) atoms. The fraction of sp³-hybridized carbons (Fsp3) is 0.172. The molecule has 0 aliphatic rings. The molecule has 0 saturated carbocycles. The van der Waals surface area contributed by atoms with Crippen LogP contribution in [0.5, 0.6) is 11.5 Å². The van der Waals surface area contributed by atoms with Crippen molar-refractivity contribution in [2.45, 2.75) is 27.0 Å². The van der Waals surface area contributed by atoms with Crippen LogP contribution in [0.4, 0.5) is 5.69 Å². The summed E-state index contributed by atoms with van der Waals surface area (Å²) in [5, 5.41) is 8.86. The molecule has 196 valence electrons. The van der Waals surface area contributed by atoms with Crippen molar-refractivity contribution in [2.24, 2.45) is 0 Å². The molecule has 4 aromatic rings. The molecule has 0 spiro atoms. The Morgan fingerprint density at radius 3 is 2.45 bits per heavy atom. The van der Waals surface area contributed by atoms with Gasteiger partial charge in [0, 0.05) is 21.7 Å². The summed E-state index contributed by atoms with van der Waals surface area (Å²) in [5.41, 5.74) is 5.06. The summed E-state index contributed by atoms with van der Waals surface area (Å²) in [6.45, 7) is 4.67. The van der Waals surface area contributed by atoms with E-state index in [1.54, 1.807) is 31.4 Å². The van der Waals surface area contributed by atoms with Crippen LogP contribution in [0.2, 0.25) is 10.0 Å². The summed E-state index contributed by atoms with van der Waals surface area (Å²) in [7, 11) is 1.61. The number of aryl methyl sites for hydroxylation is 1. The van der Waals surface area contributed by atoms with Gasteiger partial charge in [-0.15, -0.1) is 0 Å². The van der Waals surface area contributed by atoms with Crippen LogP contribution in [0.15, 0.2) is 71.2 Å². The number of benzene rings is 3. The van der Waals surface area contributed by atoms with E-state index in [-0.39, 0.29) is 12.5 Å². The molecule has 1 aromatic heterocycles. The number of hydrogen-bond donors (Lipinski definition) is 1. The van der Waals surface area contributed by atoms with E-state index in [1.165, 1.54) is 6.08 Å². The highest BCUT2D eigenvalue weighted by molar-refractivity contribution is 9.10. The second-order valence-electron chi connectivity index (χ2n) is 8.59. The van der Waals surface area contributed by atoms with Gasteiger partial charge >= 0.3 is 0 Å². The SMILES string of the molecule is COc1ccc(/C=C\C(=O)Nc2c(C)nn(Cc3ccc(Cl)cc3)c2C)cc1COc1ccc(Cl)cc1Br. The standard InChI is InChI=1S/C29H26BrCl2N3O3/c1-18-29(19(2)35(34-18)16-21-4-8-23(31)9-5-21)33-28(36)13-7-20-6-11-26(37-3)22(14-20)17-38-27-12-10-24(32)15-25(27)30/h4-15H,16-17H2,1-3H3,(H,33,36)/b13-7-. The lowest BCUT2D eigenvalue weighted by Crippen LogP contribution is -2.10. The molecule has 0 aliphatic heterocycles. The molecule has 3 aromatic carbocycles. The Kier molecular flexibility index (Phi) is 9.15. The maximum atomic E-state index is 12.8. The second-order valence-corrected chi connectivity index (χ2v) is 10.3. The number of aromatic nitrogens is 2. The zero-order chi connectivity index (χ0) is 27.2. The van der Waals surface area contributed by atoms with E-state index in [0.29, 0.717) is 33.8 Å². The Hall–Kier alpha value is -3.26.